The lowest BCUT2D eigenvalue weighted by Gasteiger charge is -1.89. The van der Waals surface area contributed by atoms with Crippen LogP contribution in [0.3, 0.4) is 0 Å². The molecule has 0 heterocycles. The minimum atomic E-state index is -4.39. The molecule has 0 aromatic carbocycles. The third-order valence-electron chi connectivity index (χ3n) is 0.445. The first-order valence-corrected chi connectivity index (χ1v) is 3.35. The predicted octanol–water partition coefficient (Wildman–Crippen LogP) is -0.824. The van der Waals surface area contributed by atoms with Crippen LogP contribution in [-0.4, -0.2) is 20.8 Å². The van der Waals surface area contributed by atoms with Gasteiger partial charge >= 0.3 is 10.2 Å². The molecule has 0 saturated heterocycles. The normalized spacial score (nSPS) is 11.8. The van der Waals surface area contributed by atoms with Crippen molar-refractivity contribution in [3.63, 3.8) is 0 Å². The van der Waals surface area contributed by atoms with Gasteiger partial charge in [0.05, 0.1) is 6.61 Å². The molecule has 50 valence electrons. The van der Waals surface area contributed by atoms with Crippen LogP contribution in [0.25, 0.3) is 0 Å². The Labute approximate surface area is 46.6 Å². The van der Waals surface area contributed by atoms with Crippen molar-refractivity contribution >= 4 is 10.2 Å². The minimum Gasteiger partial charge on any atom is -0.303 e. The molecule has 6 heteroatoms. The van der Waals surface area contributed by atoms with Gasteiger partial charge in [-0.1, -0.05) is 0 Å². The fourth-order valence-electron chi connectivity index (χ4n) is 0.148. The molecule has 0 bridgehead atoms. The molecule has 8 heavy (non-hydrogen) atoms. The lowest BCUT2D eigenvalue weighted by molar-refractivity contribution is 0.153. The van der Waals surface area contributed by atoms with Crippen molar-refractivity contribution in [2.45, 2.75) is 0 Å². The van der Waals surface area contributed by atoms with E-state index in [2.05, 4.69) is 10.7 Å². The highest BCUT2D eigenvalue weighted by atomic mass is 32.3. The summed E-state index contributed by atoms with van der Waals surface area (Å²) in [5.41, 5.74) is 0. The van der Waals surface area contributed by atoms with E-state index >= 15 is 0 Å². The third-order valence-corrected chi connectivity index (χ3v) is 1.10. The van der Waals surface area contributed by atoms with E-state index in [1.54, 1.807) is 0 Å². The topological polar surface area (TPSA) is 69.4 Å². The molecule has 0 saturated carbocycles. The van der Waals surface area contributed by atoms with E-state index in [0.717, 1.165) is 0 Å². The first-order chi connectivity index (χ1) is 3.56. The van der Waals surface area contributed by atoms with E-state index in [0.29, 0.717) is 0 Å². The summed E-state index contributed by atoms with van der Waals surface area (Å²) >= 11 is 0. The average Bonchev–Trinajstić information content (AvgIpc) is 1.59. The number of rotatable bonds is 3. The number of nitrogens with two attached hydrogens (primary N) is 1. The van der Waals surface area contributed by atoms with Gasteiger partial charge in [0, 0.05) is 0 Å². The van der Waals surface area contributed by atoms with Gasteiger partial charge in [-0.15, -0.1) is 3.89 Å². The quantitative estimate of drug-likeness (QED) is 0.414. The molecular formula is C2H6FNO3S. The minimum absolute atomic E-state index is 0.307. The zero-order valence-electron chi connectivity index (χ0n) is 4.00. The molecule has 0 amide bonds. The van der Waals surface area contributed by atoms with Gasteiger partial charge in [0.1, 0.15) is 5.75 Å². The van der Waals surface area contributed by atoms with E-state index in [-0.39, 0.29) is 6.61 Å². The van der Waals surface area contributed by atoms with Gasteiger partial charge in [0.15, 0.2) is 0 Å². The molecule has 4 nitrogen and oxygen atoms in total. The standard InChI is InChI=1S/C2H6FNO3S/c3-8(5,6)2-1-7-4/h1-2,4H2. The molecule has 0 radical (unpaired) electrons. The Morgan fingerprint density at radius 1 is 1.62 bits per heavy atom. The highest BCUT2D eigenvalue weighted by molar-refractivity contribution is 7.86. The van der Waals surface area contributed by atoms with Crippen molar-refractivity contribution in [1.82, 2.24) is 0 Å². The Morgan fingerprint density at radius 3 is 2.25 bits per heavy atom. The Hall–Kier alpha value is -0.200. The summed E-state index contributed by atoms with van der Waals surface area (Å²) in [5.74, 6) is 3.73. The third kappa shape index (κ3) is 5.80. The predicted molar refractivity (Wildman–Crippen MR) is 25.0 cm³/mol. The molecule has 0 aliphatic rings. The van der Waals surface area contributed by atoms with Crippen molar-refractivity contribution < 1.29 is 17.1 Å². The molecule has 0 aromatic heterocycles. The van der Waals surface area contributed by atoms with E-state index in [1.807, 2.05) is 0 Å². The van der Waals surface area contributed by atoms with Crippen molar-refractivity contribution in [2.24, 2.45) is 5.90 Å². The molecule has 0 fully saturated rings. The second-order valence-electron chi connectivity index (χ2n) is 1.11. The summed E-state index contributed by atoms with van der Waals surface area (Å²) in [6.45, 7) is -0.307. The molecule has 0 aliphatic carbocycles. The lowest BCUT2D eigenvalue weighted by atomic mass is 10.9. The highest BCUT2D eigenvalue weighted by Gasteiger charge is 2.04. The summed E-state index contributed by atoms with van der Waals surface area (Å²) in [4.78, 5) is 3.80. The van der Waals surface area contributed by atoms with Crippen LogP contribution >= 0.6 is 0 Å². The monoisotopic (exact) mass is 143 g/mol. The van der Waals surface area contributed by atoms with Crippen LogP contribution in [0.2, 0.25) is 0 Å². The van der Waals surface area contributed by atoms with Gasteiger partial charge < -0.3 is 4.84 Å². The van der Waals surface area contributed by atoms with Crippen LogP contribution in [0.1, 0.15) is 0 Å². The summed E-state index contributed by atoms with van der Waals surface area (Å²) < 4.78 is 30.6. The number of hydrogen-bond donors (Lipinski definition) is 1. The van der Waals surface area contributed by atoms with E-state index in [9.17, 15) is 12.3 Å². The van der Waals surface area contributed by atoms with Crippen LogP contribution in [0, 0.1) is 0 Å². The van der Waals surface area contributed by atoms with Gasteiger partial charge in [-0.05, 0) is 0 Å². The summed E-state index contributed by atoms with van der Waals surface area (Å²) in [5, 5.41) is 0. The summed E-state index contributed by atoms with van der Waals surface area (Å²) in [7, 11) is -4.39. The number of hydrogen-bond acceptors (Lipinski definition) is 4. The summed E-state index contributed by atoms with van der Waals surface area (Å²) in [6, 6.07) is 0. The van der Waals surface area contributed by atoms with Crippen LogP contribution < -0.4 is 5.90 Å². The van der Waals surface area contributed by atoms with Crippen molar-refractivity contribution in [1.29, 1.82) is 0 Å². The van der Waals surface area contributed by atoms with Crippen LogP contribution in [0.5, 0.6) is 0 Å². The Balaban J connectivity index is 3.42. The maximum absolute atomic E-state index is 11.4. The van der Waals surface area contributed by atoms with E-state index < -0.39 is 16.0 Å². The average molecular weight is 143 g/mol. The van der Waals surface area contributed by atoms with Crippen molar-refractivity contribution in [2.75, 3.05) is 12.4 Å². The Kier molecular flexibility index (Phi) is 2.88. The van der Waals surface area contributed by atoms with Crippen LogP contribution in [0.4, 0.5) is 3.89 Å². The lowest BCUT2D eigenvalue weighted by Crippen LogP contribution is -2.10. The van der Waals surface area contributed by atoms with Gasteiger partial charge in [-0.3, -0.25) is 0 Å². The maximum Gasteiger partial charge on any atom is 0.304 e. The fraction of sp³-hybridized carbons (Fsp3) is 1.00. The SMILES string of the molecule is NOCCS(=O)(=O)F. The molecule has 0 aliphatic heterocycles. The molecular weight excluding hydrogens is 137 g/mol. The van der Waals surface area contributed by atoms with Gasteiger partial charge in [-0.2, -0.15) is 8.42 Å². The largest absolute Gasteiger partial charge is 0.304 e. The molecule has 2 N–H and O–H groups in total. The first-order valence-electron chi connectivity index (χ1n) is 1.80. The molecule has 0 unspecified atom stereocenters. The molecule has 0 aromatic rings. The van der Waals surface area contributed by atoms with E-state index in [1.165, 1.54) is 0 Å². The smallest absolute Gasteiger partial charge is 0.303 e. The molecule has 0 spiro atoms. The van der Waals surface area contributed by atoms with Crippen molar-refractivity contribution in [3.8, 4) is 0 Å². The Morgan fingerprint density at radius 2 is 2.12 bits per heavy atom. The van der Waals surface area contributed by atoms with Gasteiger partial charge in [0.25, 0.3) is 0 Å². The zero-order valence-corrected chi connectivity index (χ0v) is 4.82. The molecule has 0 atom stereocenters. The second-order valence-corrected chi connectivity index (χ2v) is 2.60. The van der Waals surface area contributed by atoms with Crippen LogP contribution in [0.15, 0.2) is 0 Å². The second kappa shape index (κ2) is 2.95. The van der Waals surface area contributed by atoms with Crippen LogP contribution in [-0.2, 0) is 15.1 Å². The maximum atomic E-state index is 11.4. The first kappa shape index (κ1) is 7.80. The fourth-order valence-corrected chi connectivity index (χ4v) is 0.443. The highest BCUT2D eigenvalue weighted by Crippen LogP contribution is 1.87. The summed E-state index contributed by atoms with van der Waals surface area (Å²) in [6.07, 6.45) is 0. The zero-order chi connectivity index (χ0) is 6.62. The van der Waals surface area contributed by atoms with Gasteiger partial charge in [0.2, 0.25) is 0 Å². The molecule has 0 rings (SSSR count). The van der Waals surface area contributed by atoms with Gasteiger partial charge in [-0.25, -0.2) is 5.90 Å². The van der Waals surface area contributed by atoms with Crippen molar-refractivity contribution in [3.05, 3.63) is 0 Å². The van der Waals surface area contributed by atoms with E-state index in [4.69, 9.17) is 0 Å². The Bertz CT molecular complexity index is 141. The number of halogens is 1.